The van der Waals surface area contributed by atoms with E-state index < -0.39 is 0 Å². The van der Waals surface area contributed by atoms with Crippen molar-refractivity contribution in [2.45, 2.75) is 19.4 Å². The van der Waals surface area contributed by atoms with Crippen molar-refractivity contribution in [3.8, 4) is 11.4 Å². The van der Waals surface area contributed by atoms with Crippen LogP contribution >= 0.6 is 11.6 Å². The highest BCUT2D eigenvalue weighted by Gasteiger charge is 2.18. The maximum atomic E-state index is 12.8. The number of hydrogen-bond acceptors (Lipinski definition) is 6. The Morgan fingerprint density at radius 2 is 2.14 bits per heavy atom. The minimum Gasteiger partial charge on any atom is -0.496 e. The van der Waals surface area contributed by atoms with Gasteiger partial charge in [0.1, 0.15) is 12.1 Å². The Labute approximate surface area is 173 Å². The summed E-state index contributed by atoms with van der Waals surface area (Å²) in [5, 5.41) is 14.3. The zero-order chi connectivity index (χ0) is 20.4. The van der Waals surface area contributed by atoms with Crippen LogP contribution in [0.15, 0.2) is 36.7 Å². The first kappa shape index (κ1) is 19.2. The largest absolute Gasteiger partial charge is 0.496 e. The first-order chi connectivity index (χ1) is 14.1. The smallest absolute Gasteiger partial charge is 0.255 e. The Balaban J connectivity index is 1.52. The van der Waals surface area contributed by atoms with Gasteiger partial charge in [0.25, 0.3) is 5.91 Å². The second-order valence-corrected chi connectivity index (χ2v) is 7.34. The highest BCUT2D eigenvalue weighted by atomic mass is 35.5. The van der Waals surface area contributed by atoms with Crippen molar-refractivity contribution >= 4 is 23.2 Å². The normalized spacial score (nSPS) is 13.1. The van der Waals surface area contributed by atoms with Crippen molar-refractivity contribution in [1.82, 2.24) is 25.5 Å². The number of tetrazole rings is 1. The third kappa shape index (κ3) is 3.88. The number of hydrogen-bond donors (Lipinski definition) is 1. The maximum Gasteiger partial charge on any atom is 0.255 e. The quantitative estimate of drug-likeness (QED) is 0.693. The van der Waals surface area contributed by atoms with Gasteiger partial charge in [-0.05, 0) is 46.5 Å². The number of aryl methyl sites for hydroxylation is 1. The summed E-state index contributed by atoms with van der Waals surface area (Å²) < 4.78 is 6.80. The van der Waals surface area contributed by atoms with Crippen LogP contribution in [0.1, 0.15) is 27.9 Å². The molecule has 1 aliphatic heterocycles. The standard InChI is InChI=1S/C20H21ClN6O2/c1-26-7-3-4-14-8-13(5-6-17(14)26)11-22-20(28)15-9-16(21)18(10-19(15)29-2)27-12-23-24-25-27/h5-6,8-10,12H,3-4,7,11H2,1-2H3,(H,22,28). The molecule has 0 fully saturated rings. The number of benzene rings is 2. The molecule has 0 aliphatic carbocycles. The highest BCUT2D eigenvalue weighted by molar-refractivity contribution is 6.33. The first-order valence-corrected chi connectivity index (χ1v) is 9.66. The Bertz CT molecular complexity index is 1040. The number of rotatable bonds is 5. The monoisotopic (exact) mass is 412 g/mol. The van der Waals surface area contributed by atoms with Gasteiger partial charge in [0.15, 0.2) is 0 Å². The van der Waals surface area contributed by atoms with Gasteiger partial charge in [-0.3, -0.25) is 4.79 Å². The van der Waals surface area contributed by atoms with Crippen molar-refractivity contribution < 1.29 is 9.53 Å². The van der Waals surface area contributed by atoms with Gasteiger partial charge in [0.05, 0.1) is 23.4 Å². The fourth-order valence-corrected chi connectivity index (χ4v) is 3.81. The lowest BCUT2D eigenvalue weighted by molar-refractivity contribution is 0.0948. The molecular formula is C20H21ClN6O2. The zero-order valence-corrected chi connectivity index (χ0v) is 17.0. The zero-order valence-electron chi connectivity index (χ0n) is 16.2. The number of aromatic nitrogens is 4. The molecule has 150 valence electrons. The van der Waals surface area contributed by atoms with Crippen LogP contribution in [-0.2, 0) is 13.0 Å². The summed E-state index contributed by atoms with van der Waals surface area (Å²) in [6, 6.07) is 9.54. The summed E-state index contributed by atoms with van der Waals surface area (Å²) in [6.45, 7) is 1.50. The fourth-order valence-electron chi connectivity index (χ4n) is 3.56. The number of nitrogens with zero attached hydrogens (tertiary/aromatic N) is 5. The van der Waals surface area contributed by atoms with Crippen LogP contribution in [0.3, 0.4) is 0 Å². The predicted octanol–water partition coefficient (Wildman–Crippen LogP) is 2.64. The lowest BCUT2D eigenvalue weighted by atomic mass is 9.99. The molecule has 2 heterocycles. The summed E-state index contributed by atoms with van der Waals surface area (Å²) in [5.41, 5.74) is 4.52. The van der Waals surface area contributed by atoms with E-state index in [1.54, 1.807) is 12.1 Å². The van der Waals surface area contributed by atoms with E-state index in [9.17, 15) is 4.79 Å². The summed E-state index contributed by atoms with van der Waals surface area (Å²) in [7, 11) is 3.61. The van der Waals surface area contributed by atoms with Gasteiger partial charge in [0, 0.05) is 31.9 Å². The summed E-state index contributed by atoms with van der Waals surface area (Å²) in [6.07, 6.45) is 3.63. The molecule has 4 rings (SSSR count). The Hall–Kier alpha value is -3.13. The fraction of sp³-hybridized carbons (Fsp3) is 0.300. The van der Waals surface area contributed by atoms with Gasteiger partial charge < -0.3 is 15.0 Å². The number of anilines is 1. The van der Waals surface area contributed by atoms with Crippen molar-refractivity contribution in [2.75, 3.05) is 25.6 Å². The Morgan fingerprint density at radius 3 is 2.90 bits per heavy atom. The van der Waals surface area contributed by atoms with E-state index in [4.69, 9.17) is 16.3 Å². The number of amides is 1. The number of halogens is 1. The minimum absolute atomic E-state index is 0.262. The predicted molar refractivity (Wildman–Crippen MR) is 110 cm³/mol. The molecule has 0 radical (unpaired) electrons. The van der Waals surface area contributed by atoms with Crippen molar-refractivity contribution in [2.24, 2.45) is 0 Å². The number of carbonyl (C=O) groups is 1. The van der Waals surface area contributed by atoms with E-state index in [1.165, 1.54) is 29.4 Å². The van der Waals surface area contributed by atoms with Gasteiger partial charge in [-0.2, -0.15) is 4.68 Å². The van der Waals surface area contributed by atoms with E-state index >= 15 is 0 Å². The average Bonchev–Trinajstić information content (AvgIpc) is 3.26. The molecule has 1 aliphatic rings. The Kier molecular flexibility index (Phi) is 5.35. The highest BCUT2D eigenvalue weighted by Crippen LogP contribution is 2.30. The van der Waals surface area contributed by atoms with Crippen LogP contribution in [0.5, 0.6) is 5.75 Å². The molecule has 0 saturated heterocycles. The van der Waals surface area contributed by atoms with Gasteiger partial charge in [0.2, 0.25) is 0 Å². The van der Waals surface area contributed by atoms with E-state index in [2.05, 4.69) is 44.9 Å². The molecular weight excluding hydrogens is 392 g/mol. The number of carbonyl (C=O) groups excluding carboxylic acids is 1. The minimum atomic E-state index is -0.262. The second kappa shape index (κ2) is 8.08. The van der Waals surface area contributed by atoms with Gasteiger partial charge in [-0.15, -0.1) is 5.10 Å². The molecule has 1 N–H and O–H groups in total. The molecule has 3 aromatic rings. The van der Waals surface area contributed by atoms with Gasteiger partial charge in [-0.25, -0.2) is 0 Å². The molecule has 8 nitrogen and oxygen atoms in total. The number of nitrogens with one attached hydrogen (secondary N) is 1. The van der Waals surface area contributed by atoms with Crippen molar-refractivity contribution in [1.29, 1.82) is 0 Å². The van der Waals surface area contributed by atoms with Gasteiger partial charge >= 0.3 is 0 Å². The lowest BCUT2D eigenvalue weighted by Gasteiger charge is -2.27. The van der Waals surface area contributed by atoms with Crippen LogP contribution in [0.25, 0.3) is 5.69 Å². The molecule has 9 heteroatoms. The third-order valence-electron chi connectivity index (χ3n) is 5.06. The molecule has 0 spiro atoms. The first-order valence-electron chi connectivity index (χ1n) is 9.29. The summed E-state index contributed by atoms with van der Waals surface area (Å²) in [4.78, 5) is 15.0. The molecule has 0 saturated carbocycles. The molecule has 0 atom stereocenters. The molecule has 29 heavy (non-hydrogen) atoms. The molecule has 2 aromatic carbocycles. The third-order valence-corrected chi connectivity index (χ3v) is 5.36. The van der Waals surface area contributed by atoms with E-state index in [1.807, 2.05) is 6.07 Å². The van der Waals surface area contributed by atoms with Crippen molar-refractivity contribution in [3.63, 3.8) is 0 Å². The number of methoxy groups -OCH3 is 1. The number of fused-ring (bicyclic) bond motifs is 1. The molecule has 1 aromatic heterocycles. The summed E-state index contributed by atoms with van der Waals surface area (Å²) in [5.74, 6) is 0.131. The van der Waals surface area contributed by atoms with E-state index in [0.717, 1.165) is 24.9 Å². The van der Waals surface area contributed by atoms with Crippen molar-refractivity contribution in [3.05, 3.63) is 58.4 Å². The van der Waals surface area contributed by atoms with E-state index in [0.29, 0.717) is 28.6 Å². The molecule has 0 bridgehead atoms. The Morgan fingerprint density at radius 1 is 1.28 bits per heavy atom. The van der Waals surface area contributed by atoms with E-state index in [-0.39, 0.29) is 5.91 Å². The van der Waals surface area contributed by atoms with Crippen LogP contribution < -0.4 is 15.0 Å². The molecule has 0 unspecified atom stereocenters. The van der Waals surface area contributed by atoms with Crippen LogP contribution in [0, 0.1) is 0 Å². The average molecular weight is 413 g/mol. The topological polar surface area (TPSA) is 85.2 Å². The molecule has 1 amide bonds. The van der Waals surface area contributed by atoms with Crippen LogP contribution in [-0.4, -0.2) is 46.8 Å². The number of ether oxygens (including phenoxy) is 1. The second-order valence-electron chi connectivity index (χ2n) is 6.93. The maximum absolute atomic E-state index is 12.8. The SMILES string of the molecule is COc1cc(-n2cnnn2)c(Cl)cc1C(=O)NCc1ccc2c(c1)CCCN2C. The van der Waals surface area contributed by atoms with Gasteiger partial charge in [-0.1, -0.05) is 23.7 Å². The van der Waals surface area contributed by atoms with Crippen LogP contribution in [0.2, 0.25) is 5.02 Å². The lowest BCUT2D eigenvalue weighted by Crippen LogP contribution is -2.26. The van der Waals surface area contributed by atoms with Crippen LogP contribution in [0.4, 0.5) is 5.69 Å². The summed E-state index contributed by atoms with van der Waals surface area (Å²) >= 11 is 6.35.